The first-order chi connectivity index (χ1) is 12.9. The summed E-state index contributed by atoms with van der Waals surface area (Å²) in [6.07, 6.45) is 9.76. The van der Waals surface area contributed by atoms with E-state index >= 15 is 0 Å². The first-order valence-corrected chi connectivity index (χ1v) is 11.6. The van der Waals surface area contributed by atoms with Crippen molar-refractivity contribution >= 4 is 23.2 Å². The second kappa shape index (κ2) is 8.02. The third-order valence-electron chi connectivity index (χ3n) is 5.50. The maximum absolute atomic E-state index is 2.39. The Bertz CT molecular complexity index is 740. The molecule has 26 heavy (non-hydrogen) atoms. The molecule has 0 bridgehead atoms. The highest BCUT2D eigenvalue weighted by molar-refractivity contribution is 7.95. The first kappa shape index (κ1) is 17.3. The van der Waals surface area contributed by atoms with Crippen molar-refractivity contribution in [2.75, 3.05) is 6.16 Å². The quantitative estimate of drug-likeness (QED) is 0.427. The van der Waals surface area contributed by atoms with Crippen LogP contribution in [0.15, 0.2) is 103 Å². The molecule has 3 aromatic carbocycles. The second-order valence-corrected chi connectivity index (χ2v) is 10.7. The molecule has 1 aliphatic rings. The van der Waals surface area contributed by atoms with Crippen LogP contribution in [-0.4, -0.2) is 6.16 Å². The number of hydrogen-bond donors (Lipinski definition) is 0. The minimum Gasteiger partial charge on any atom is -0.0885 e. The van der Waals surface area contributed by atoms with Gasteiger partial charge in [0.05, 0.1) is 6.16 Å². The molecule has 0 amide bonds. The smallest absolute Gasteiger partial charge is 0.0885 e. The summed E-state index contributed by atoms with van der Waals surface area (Å²) in [5, 5.41) is 4.52. The van der Waals surface area contributed by atoms with Crippen molar-refractivity contribution in [2.24, 2.45) is 5.92 Å². The van der Waals surface area contributed by atoms with E-state index in [0.29, 0.717) is 0 Å². The lowest BCUT2D eigenvalue weighted by Crippen LogP contribution is -2.35. The first-order valence-electron chi connectivity index (χ1n) is 9.59. The molecule has 1 aliphatic carbocycles. The van der Waals surface area contributed by atoms with Crippen LogP contribution >= 0.6 is 7.26 Å². The lowest BCUT2D eigenvalue weighted by atomic mass is 9.96. The highest BCUT2D eigenvalue weighted by atomic mass is 31.2. The van der Waals surface area contributed by atoms with Crippen LogP contribution in [0, 0.1) is 5.92 Å². The summed E-state index contributed by atoms with van der Waals surface area (Å²) in [6.45, 7) is 0. The molecule has 0 aromatic heterocycles. The van der Waals surface area contributed by atoms with Gasteiger partial charge in [-0.2, -0.15) is 0 Å². The van der Waals surface area contributed by atoms with Crippen LogP contribution in [0.2, 0.25) is 0 Å². The minimum absolute atomic E-state index is 0.758. The Morgan fingerprint density at radius 3 is 1.46 bits per heavy atom. The Kier molecular flexibility index (Phi) is 5.32. The minimum atomic E-state index is -1.66. The summed E-state index contributed by atoms with van der Waals surface area (Å²) in [7, 11) is -1.66. The molecule has 1 atom stereocenters. The maximum atomic E-state index is 2.39. The molecule has 0 N–H and O–H groups in total. The molecule has 3 aromatic rings. The highest BCUT2D eigenvalue weighted by Crippen LogP contribution is 2.57. The summed E-state index contributed by atoms with van der Waals surface area (Å²) in [5.41, 5.74) is 0. The SMILES string of the molecule is C1=CC[C@H](C[P+](c2ccccc2)(c2ccccc2)c2ccccc2)CC1. The van der Waals surface area contributed by atoms with Crippen LogP contribution < -0.4 is 15.9 Å². The Morgan fingerprint density at radius 2 is 1.08 bits per heavy atom. The zero-order chi connectivity index (χ0) is 17.7. The van der Waals surface area contributed by atoms with Gasteiger partial charge in [-0.3, -0.25) is 0 Å². The van der Waals surface area contributed by atoms with Gasteiger partial charge in [-0.15, -0.1) is 0 Å². The number of rotatable bonds is 5. The van der Waals surface area contributed by atoms with E-state index in [-0.39, 0.29) is 0 Å². The molecule has 0 saturated heterocycles. The van der Waals surface area contributed by atoms with Gasteiger partial charge in [0.1, 0.15) is 23.2 Å². The zero-order valence-electron chi connectivity index (χ0n) is 15.2. The fourth-order valence-electron chi connectivity index (χ4n) is 4.22. The summed E-state index contributed by atoms with van der Waals surface area (Å²) < 4.78 is 0. The van der Waals surface area contributed by atoms with Gasteiger partial charge < -0.3 is 0 Å². The van der Waals surface area contributed by atoms with Gasteiger partial charge in [0.25, 0.3) is 0 Å². The van der Waals surface area contributed by atoms with E-state index in [1.807, 2.05) is 0 Å². The molecule has 0 nitrogen and oxygen atoms in total. The van der Waals surface area contributed by atoms with E-state index in [0.717, 1.165) is 5.92 Å². The largest absolute Gasteiger partial charge is 0.112 e. The van der Waals surface area contributed by atoms with E-state index in [2.05, 4.69) is 103 Å². The standard InChI is InChI=1S/C25H26P/c1-5-13-22(14-6-1)21-26(23-15-7-2-8-16-23,24-17-9-3-10-18-24)25-19-11-4-12-20-25/h1-5,7-12,15-20,22H,6,13-14,21H2/q+1/t22-/m0/s1. The lowest BCUT2D eigenvalue weighted by Gasteiger charge is -2.31. The summed E-state index contributed by atoms with van der Waals surface area (Å²) in [6, 6.07) is 33.8. The van der Waals surface area contributed by atoms with Crippen molar-refractivity contribution in [3.05, 3.63) is 103 Å². The molecule has 130 valence electrons. The number of allylic oxidation sites excluding steroid dienone is 2. The van der Waals surface area contributed by atoms with Crippen molar-refractivity contribution in [3.8, 4) is 0 Å². The van der Waals surface area contributed by atoms with E-state index in [1.165, 1.54) is 41.3 Å². The molecule has 0 radical (unpaired) electrons. The summed E-state index contributed by atoms with van der Waals surface area (Å²) in [5.74, 6) is 0.758. The van der Waals surface area contributed by atoms with Crippen molar-refractivity contribution in [1.82, 2.24) is 0 Å². The molecule has 0 heterocycles. The zero-order valence-corrected chi connectivity index (χ0v) is 16.1. The molecule has 0 unspecified atom stereocenters. The van der Waals surface area contributed by atoms with Gasteiger partial charge in [0.15, 0.2) is 0 Å². The van der Waals surface area contributed by atoms with Gasteiger partial charge >= 0.3 is 0 Å². The van der Waals surface area contributed by atoms with Gasteiger partial charge in [0, 0.05) is 0 Å². The van der Waals surface area contributed by atoms with E-state index < -0.39 is 7.26 Å². The van der Waals surface area contributed by atoms with Crippen LogP contribution in [0.5, 0.6) is 0 Å². The predicted molar refractivity (Wildman–Crippen MR) is 116 cm³/mol. The van der Waals surface area contributed by atoms with Gasteiger partial charge in [-0.1, -0.05) is 66.7 Å². The Hall–Kier alpha value is -2.17. The number of hydrogen-bond acceptors (Lipinski definition) is 0. The average molecular weight is 357 g/mol. The lowest BCUT2D eigenvalue weighted by molar-refractivity contribution is 0.533. The molecule has 4 rings (SSSR count). The Balaban J connectivity index is 1.92. The van der Waals surface area contributed by atoms with Crippen LogP contribution in [-0.2, 0) is 0 Å². The highest BCUT2D eigenvalue weighted by Gasteiger charge is 2.46. The summed E-state index contributed by atoms with van der Waals surface area (Å²) >= 11 is 0. The van der Waals surface area contributed by atoms with E-state index in [4.69, 9.17) is 0 Å². The third kappa shape index (κ3) is 3.39. The molecular formula is C25H26P+. The fourth-order valence-corrected chi connectivity index (χ4v) is 8.90. The van der Waals surface area contributed by atoms with Crippen LogP contribution in [0.25, 0.3) is 0 Å². The van der Waals surface area contributed by atoms with Crippen LogP contribution in [0.4, 0.5) is 0 Å². The molecule has 0 spiro atoms. The van der Waals surface area contributed by atoms with Crippen molar-refractivity contribution in [2.45, 2.75) is 19.3 Å². The topological polar surface area (TPSA) is 0 Å². The van der Waals surface area contributed by atoms with Crippen LogP contribution in [0.3, 0.4) is 0 Å². The maximum Gasteiger partial charge on any atom is 0.112 e. The van der Waals surface area contributed by atoms with Gasteiger partial charge in [0.2, 0.25) is 0 Å². The number of benzene rings is 3. The summed E-state index contributed by atoms with van der Waals surface area (Å²) in [4.78, 5) is 0. The predicted octanol–water partition coefficient (Wildman–Crippen LogP) is 5.34. The Labute approximate surface area is 157 Å². The Morgan fingerprint density at radius 1 is 0.615 bits per heavy atom. The van der Waals surface area contributed by atoms with Crippen molar-refractivity contribution < 1.29 is 0 Å². The average Bonchev–Trinajstić information content (AvgIpc) is 2.75. The molecule has 0 saturated carbocycles. The normalized spacial score (nSPS) is 17.2. The van der Waals surface area contributed by atoms with Crippen molar-refractivity contribution in [3.63, 3.8) is 0 Å². The molecular weight excluding hydrogens is 331 g/mol. The molecule has 0 fully saturated rings. The second-order valence-electron chi connectivity index (χ2n) is 7.15. The van der Waals surface area contributed by atoms with Gasteiger partial charge in [-0.25, -0.2) is 0 Å². The van der Waals surface area contributed by atoms with Crippen LogP contribution in [0.1, 0.15) is 19.3 Å². The van der Waals surface area contributed by atoms with Crippen molar-refractivity contribution in [1.29, 1.82) is 0 Å². The molecule has 0 aliphatic heterocycles. The van der Waals surface area contributed by atoms with E-state index in [9.17, 15) is 0 Å². The van der Waals surface area contributed by atoms with Gasteiger partial charge in [-0.05, 0) is 61.6 Å². The molecule has 1 heteroatoms. The monoisotopic (exact) mass is 357 g/mol. The van der Waals surface area contributed by atoms with E-state index in [1.54, 1.807) is 0 Å². The third-order valence-corrected chi connectivity index (χ3v) is 10.1. The fraction of sp³-hybridized carbons (Fsp3) is 0.200.